The van der Waals surface area contributed by atoms with Gasteiger partial charge in [-0.15, -0.1) is 0 Å². The van der Waals surface area contributed by atoms with Crippen LogP contribution in [0, 0.1) is 5.82 Å². The van der Waals surface area contributed by atoms with E-state index >= 15 is 0 Å². The number of rotatable bonds is 6. The Morgan fingerprint density at radius 3 is 2.48 bits per heavy atom. The molecule has 2 rings (SSSR count). The number of nitrogens with zero attached hydrogens (tertiary/aromatic N) is 1. The summed E-state index contributed by atoms with van der Waals surface area (Å²) >= 11 is 0. The van der Waals surface area contributed by atoms with E-state index in [-0.39, 0.29) is 17.6 Å². The summed E-state index contributed by atoms with van der Waals surface area (Å²) in [6.45, 7) is 2.16. The van der Waals surface area contributed by atoms with Crippen molar-refractivity contribution >= 4 is 6.03 Å². The molecule has 0 radical (unpaired) electrons. The fourth-order valence-corrected chi connectivity index (χ4v) is 2.63. The van der Waals surface area contributed by atoms with E-state index in [0.29, 0.717) is 12.1 Å². The number of hydrogen-bond donors (Lipinski definition) is 2. The van der Waals surface area contributed by atoms with Crippen LogP contribution in [0.4, 0.5) is 9.18 Å². The van der Waals surface area contributed by atoms with Crippen LogP contribution in [-0.2, 0) is 11.3 Å². The first-order valence-corrected chi connectivity index (χ1v) is 7.99. The van der Waals surface area contributed by atoms with Gasteiger partial charge in [0, 0.05) is 26.3 Å². The Kier molecular flexibility index (Phi) is 6.36. The number of amides is 2. The van der Waals surface area contributed by atoms with Gasteiger partial charge in [0.2, 0.25) is 0 Å². The summed E-state index contributed by atoms with van der Waals surface area (Å²) in [5, 5.41) is 12.1. The molecule has 0 saturated heterocycles. The quantitative estimate of drug-likeness (QED) is 0.842. The Balaban J connectivity index is 2.00. The average Bonchev–Trinajstić information content (AvgIpc) is 2.59. The third-order valence-electron chi connectivity index (χ3n) is 3.97. The van der Waals surface area contributed by atoms with Crippen molar-refractivity contribution in [3.8, 4) is 5.75 Å². The van der Waals surface area contributed by atoms with Crippen molar-refractivity contribution < 1.29 is 19.0 Å². The van der Waals surface area contributed by atoms with E-state index in [1.54, 1.807) is 56.4 Å². The number of urea groups is 1. The van der Waals surface area contributed by atoms with E-state index in [2.05, 4.69) is 5.32 Å². The number of phenolic OH excluding ortho intramolecular Hbond substituents is 1. The third-order valence-corrected chi connectivity index (χ3v) is 3.97. The van der Waals surface area contributed by atoms with Gasteiger partial charge in [-0.05, 0) is 30.7 Å². The van der Waals surface area contributed by atoms with Crippen LogP contribution in [0.2, 0.25) is 0 Å². The Bertz CT molecular complexity index is 706. The molecule has 0 spiro atoms. The van der Waals surface area contributed by atoms with Crippen LogP contribution in [0.3, 0.4) is 0 Å². The van der Waals surface area contributed by atoms with Gasteiger partial charge in [-0.25, -0.2) is 9.18 Å². The molecule has 2 amide bonds. The fourth-order valence-electron chi connectivity index (χ4n) is 2.63. The van der Waals surface area contributed by atoms with E-state index in [1.807, 2.05) is 0 Å². The summed E-state index contributed by atoms with van der Waals surface area (Å²) in [5.74, 6) is -0.190. The Morgan fingerprint density at radius 2 is 1.88 bits per heavy atom. The molecule has 5 nitrogen and oxygen atoms in total. The first-order valence-electron chi connectivity index (χ1n) is 7.99. The number of halogens is 1. The highest BCUT2D eigenvalue weighted by Gasteiger charge is 2.24. The lowest BCUT2D eigenvalue weighted by Gasteiger charge is -2.27. The summed E-state index contributed by atoms with van der Waals surface area (Å²) in [6.07, 6.45) is -0.591. The van der Waals surface area contributed by atoms with Crippen LogP contribution in [0.25, 0.3) is 0 Å². The second kappa shape index (κ2) is 8.48. The van der Waals surface area contributed by atoms with Crippen LogP contribution in [0.15, 0.2) is 48.5 Å². The fraction of sp³-hybridized carbons (Fsp3) is 0.316. The molecule has 2 N–H and O–H groups in total. The summed E-state index contributed by atoms with van der Waals surface area (Å²) in [5.41, 5.74) is 1.29. The highest BCUT2D eigenvalue weighted by molar-refractivity contribution is 5.74. The van der Waals surface area contributed by atoms with E-state index in [0.717, 1.165) is 5.56 Å². The first-order chi connectivity index (χ1) is 11.9. The maximum absolute atomic E-state index is 14.0. The van der Waals surface area contributed by atoms with Crippen molar-refractivity contribution in [1.82, 2.24) is 10.2 Å². The van der Waals surface area contributed by atoms with Crippen molar-refractivity contribution in [3.05, 3.63) is 65.5 Å². The van der Waals surface area contributed by atoms with E-state index in [1.165, 1.54) is 18.1 Å². The number of benzene rings is 2. The zero-order valence-electron chi connectivity index (χ0n) is 14.6. The number of nitrogens with one attached hydrogen (secondary N) is 1. The van der Waals surface area contributed by atoms with Gasteiger partial charge in [-0.1, -0.05) is 30.3 Å². The van der Waals surface area contributed by atoms with E-state index < -0.39 is 12.1 Å². The van der Waals surface area contributed by atoms with Gasteiger partial charge < -0.3 is 20.1 Å². The predicted molar refractivity (Wildman–Crippen MR) is 93.7 cm³/mol. The van der Waals surface area contributed by atoms with Crippen LogP contribution in [0.5, 0.6) is 5.75 Å². The number of methoxy groups -OCH3 is 1. The van der Waals surface area contributed by atoms with Crippen molar-refractivity contribution in [3.63, 3.8) is 0 Å². The van der Waals surface area contributed by atoms with Gasteiger partial charge in [0.15, 0.2) is 0 Å². The van der Waals surface area contributed by atoms with E-state index in [9.17, 15) is 14.3 Å². The topological polar surface area (TPSA) is 61.8 Å². The first kappa shape index (κ1) is 18.7. The van der Waals surface area contributed by atoms with Crippen molar-refractivity contribution in [2.75, 3.05) is 14.2 Å². The highest BCUT2D eigenvalue weighted by Crippen LogP contribution is 2.23. The minimum absolute atomic E-state index is 0.178. The predicted octanol–water partition coefficient (Wildman–Crippen LogP) is 3.45. The molecule has 2 unspecified atom stereocenters. The van der Waals surface area contributed by atoms with E-state index in [4.69, 9.17) is 4.74 Å². The van der Waals surface area contributed by atoms with Crippen molar-refractivity contribution in [2.45, 2.75) is 25.6 Å². The lowest BCUT2D eigenvalue weighted by molar-refractivity contribution is 0.0712. The van der Waals surface area contributed by atoms with Gasteiger partial charge >= 0.3 is 6.03 Å². The molecule has 0 aromatic heterocycles. The number of hydrogen-bond acceptors (Lipinski definition) is 3. The number of ether oxygens (including phenoxy) is 1. The lowest BCUT2D eigenvalue weighted by Crippen LogP contribution is -2.44. The second-order valence-corrected chi connectivity index (χ2v) is 5.94. The SMILES string of the molecule is COC(c1ccccc1F)C(C)NC(=O)N(C)Cc1ccc(O)cc1. The molecule has 0 heterocycles. The van der Waals surface area contributed by atoms with Gasteiger partial charge in [0.05, 0.1) is 6.04 Å². The Morgan fingerprint density at radius 1 is 1.24 bits per heavy atom. The monoisotopic (exact) mass is 346 g/mol. The zero-order valence-corrected chi connectivity index (χ0v) is 14.6. The summed E-state index contributed by atoms with van der Waals surface area (Å²) in [7, 11) is 3.15. The smallest absolute Gasteiger partial charge is 0.317 e. The molecule has 2 atom stereocenters. The maximum Gasteiger partial charge on any atom is 0.317 e. The summed E-state index contributed by atoms with van der Waals surface area (Å²) in [6, 6.07) is 12.3. The number of carbonyl (C=O) groups excluding carboxylic acids is 1. The van der Waals surface area contributed by atoms with Gasteiger partial charge in [0.1, 0.15) is 17.7 Å². The Labute approximate surface area is 147 Å². The minimum atomic E-state index is -0.591. The van der Waals surface area contributed by atoms with Crippen molar-refractivity contribution in [1.29, 1.82) is 0 Å². The number of carbonyl (C=O) groups is 1. The zero-order chi connectivity index (χ0) is 18.4. The molecule has 0 aliphatic carbocycles. The number of phenols is 1. The molecule has 2 aromatic rings. The standard InChI is InChI=1S/C19H23FN2O3/c1-13(18(25-3)16-6-4-5-7-17(16)20)21-19(24)22(2)12-14-8-10-15(23)11-9-14/h4-11,13,18,23H,12H2,1-3H3,(H,21,24). The molecule has 0 bridgehead atoms. The van der Waals surface area contributed by atoms with Crippen LogP contribution >= 0.6 is 0 Å². The van der Waals surface area contributed by atoms with Gasteiger partial charge in [0.25, 0.3) is 0 Å². The molecule has 0 aliphatic heterocycles. The maximum atomic E-state index is 14.0. The normalized spacial score (nSPS) is 13.1. The highest BCUT2D eigenvalue weighted by atomic mass is 19.1. The molecule has 2 aromatic carbocycles. The van der Waals surface area contributed by atoms with Crippen LogP contribution in [0.1, 0.15) is 24.2 Å². The molecule has 134 valence electrons. The molecule has 0 fully saturated rings. The molecule has 25 heavy (non-hydrogen) atoms. The minimum Gasteiger partial charge on any atom is -0.508 e. The third kappa shape index (κ3) is 4.93. The molecule has 6 heteroatoms. The number of aromatic hydroxyl groups is 1. The average molecular weight is 346 g/mol. The molecular weight excluding hydrogens is 323 g/mol. The molecule has 0 aliphatic rings. The molecular formula is C19H23FN2O3. The molecule has 0 saturated carbocycles. The second-order valence-electron chi connectivity index (χ2n) is 5.94. The van der Waals surface area contributed by atoms with Gasteiger partial charge in [-0.3, -0.25) is 0 Å². The summed E-state index contributed by atoms with van der Waals surface area (Å²) in [4.78, 5) is 13.9. The van der Waals surface area contributed by atoms with Crippen LogP contribution < -0.4 is 5.32 Å². The summed E-state index contributed by atoms with van der Waals surface area (Å²) < 4.78 is 19.4. The Hall–Kier alpha value is -2.60. The van der Waals surface area contributed by atoms with Crippen LogP contribution in [-0.4, -0.2) is 36.2 Å². The van der Waals surface area contributed by atoms with Gasteiger partial charge in [-0.2, -0.15) is 0 Å². The largest absolute Gasteiger partial charge is 0.508 e. The van der Waals surface area contributed by atoms with Crippen molar-refractivity contribution in [2.24, 2.45) is 0 Å². The lowest BCUT2D eigenvalue weighted by atomic mass is 10.0.